The zero-order valence-electron chi connectivity index (χ0n) is 10.0. The molecule has 1 aliphatic heterocycles. The van der Waals surface area contributed by atoms with Crippen LogP contribution in [0.25, 0.3) is 0 Å². The molecule has 0 amide bonds. The van der Waals surface area contributed by atoms with Crippen LogP contribution in [0.5, 0.6) is 0 Å². The van der Waals surface area contributed by atoms with Gasteiger partial charge in [-0.25, -0.2) is 0 Å². The van der Waals surface area contributed by atoms with Gasteiger partial charge in [-0.1, -0.05) is 0 Å². The number of nitrogens with zero attached hydrogens (tertiary/aromatic N) is 2. The maximum atomic E-state index is 9.16. The number of likely N-dealkylation sites (tertiary alicyclic amines) is 1. The van der Waals surface area contributed by atoms with Crippen LogP contribution in [0, 0.1) is 5.92 Å². The lowest BCUT2D eigenvalue weighted by Gasteiger charge is -2.37. The lowest BCUT2D eigenvalue weighted by Crippen LogP contribution is -2.48. The van der Waals surface area contributed by atoms with Gasteiger partial charge in [0, 0.05) is 19.1 Å². The van der Waals surface area contributed by atoms with E-state index in [-0.39, 0.29) is 12.6 Å². The molecule has 0 aromatic heterocycles. The zero-order valence-corrected chi connectivity index (χ0v) is 10.0. The smallest absolute Gasteiger partial charge is 0.0599 e. The summed E-state index contributed by atoms with van der Waals surface area (Å²) in [7, 11) is 4.26. The second-order valence-corrected chi connectivity index (χ2v) is 4.81. The van der Waals surface area contributed by atoms with Crippen LogP contribution in [0.3, 0.4) is 0 Å². The Morgan fingerprint density at radius 3 is 2.40 bits per heavy atom. The molecule has 1 unspecified atom stereocenters. The van der Waals surface area contributed by atoms with Crippen molar-refractivity contribution in [2.75, 3.05) is 46.9 Å². The van der Waals surface area contributed by atoms with Gasteiger partial charge >= 0.3 is 0 Å². The highest BCUT2D eigenvalue weighted by Gasteiger charge is 2.23. The fourth-order valence-electron chi connectivity index (χ4n) is 2.36. The van der Waals surface area contributed by atoms with E-state index in [1.807, 2.05) is 0 Å². The summed E-state index contributed by atoms with van der Waals surface area (Å²) < 4.78 is 0. The Hall–Kier alpha value is -0.160. The third-order valence-electron chi connectivity index (χ3n) is 3.27. The zero-order chi connectivity index (χ0) is 11.3. The molecule has 1 saturated heterocycles. The van der Waals surface area contributed by atoms with Crippen molar-refractivity contribution in [2.45, 2.75) is 18.9 Å². The molecule has 0 bridgehead atoms. The molecule has 4 heteroatoms. The van der Waals surface area contributed by atoms with E-state index in [0.29, 0.717) is 6.54 Å². The molecule has 0 aromatic carbocycles. The fourth-order valence-corrected chi connectivity index (χ4v) is 2.36. The number of rotatable bonds is 5. The minimum atomic E-state index is 0.172. The average molecular weight is 215 g/mol. The molecular formula is C11H25N3O. The van der Waals surface area contributed by atoms with Gasteiger partial charge in [0.1, 0.15) is 0 Å². The molecular weight excluding hydrogens is 190 g/mol. The first-order valence-electron chi connectivity index (χ1n) is 5.87. The summed E-state index contributed by atoms with van der Waals surface area (Å²) in [6, 6.07) is 0.172. The quantitative estimate of drug-likeness (QED) is 0.654. The predicted molar refractivity (Wildman–Crippen MR) is 62.8 cm³/mol. The van der Waals surface area contributed by atoms with E-state index in [9.17, 15) is 0 Å². The standard InChI is InChI=1S/C11H25N3O/c1-13(2)8-10-3-5-14(6-4-10)11(7-12)9-15/h10-11,15H,3-9,12H2,1-2H3. The Kier molecular flexibility index (Phi) is 5.53. The second kappa shape index (κ2) is 6.43. The molecule has 1 atom stereocenters. The van der Waals surface area contributed by atoms with Crippen molar-refractivity contribution in [3.8, 4) is 0 Å². The second-order valence-electron chi connectivity index (χ2n) is 4.81. The summed E-state index contributed by atoms with van der Waals surface area (Å²) in [6.07, 6.45) is 2.46. The van der Waals surface area contributed by atoms with E-state index in [0.717, 1.165) is 19.0 Å². The van der Waals surface area contributed by atoms with Crippen molar-refractivity contribution in [2.24, 2.45) is 11.7 Å². The first-order chi connectivity index (χ1) is 7.17. The molecule has 0 radical (unpaired) electrons. The number of aliphatic hydroxyl groups excluding tert-OH is 1. The molecule has 90 valence electrons. The molecule has 1 rings (SSSR count). The highest BCUT2D eigenvalue weighted by atomic mass is 16.3. The third-order valence-corrected chi connectivity index (χ3v) is 3.27. The summed E-state index contributed by atoms with van der Waals surface area (Å²) in [5, 5.41) is 9.16. The van der Waals surface area contributed by atoms with Crippen LogP contribution in [0.4, 0.5) is 0 Å². The van der Waals surface area contributed by atoms with Crippen LogP contribution in [-0.2, 0) is 0 Å². The largest absolute Gasteiger partial charge is 0.395 e. The number of piperidine rings is 1. The lowest BCUT2D eigenvalue weighted by molar-refractivity contribution is 0.0845. The Morgan fingerprint density at radius 2 is 2.00 bits per heavy atom. The van der Waals surface area contributed by atoms with Crippen molar-refractivity contribution in [1.29, 1.82) is 0 Å². The average Bonchev–Trinajstić information content (AvgIpc) is 2.21. The summed E-state index contributed by atoms with van der Waals surface area (Å²) in [5.74, 6) is 0.813. The number of aliphatic hydroxyl groups is 1. The highest BCUT2D eigenvalue weighted by molar-refractivity contribution is 4.79. The van der Waals surface area contributed by atoms with Crippen LogP contribution >= 0.6 is 0 Å². The van der Waals surface area contributed by atoms with Crippen LogP contribution in [0.2, 0.25) is 0 Å². The predicted octanol–water partition coefficient (Wildman–Crippen LogP) is -0.420. The van der Waals surface area contributed by atoms with Crippen molar-refractivity contribution in [3.05, 3.63) is 0 Å². The molecule has 1 fully saturated rings. The third kappa shape index (κ3) is 4.07. The van der Waals surface area contributed by atoms with E-state index in [2.05, 4.69) is 23.9 Å². The van der Waals surface area contributed by atoms with Crippen LogP contribution in [0.15, 0.2) is 0 Å². The topological polar surface area (TPSA) is 52.7 Å². The molecule has 15 heavy (non-hydrogen) atoms. The number of nitrogens with two attached hydrogens (primary N) is 1. The monoisotopic (exact) mass is 215 g/mol. The van der Waals surface area contributed by atoms with Crippen molar-refractivity contribution >= 4 is 0 Å². The van der Waals surface area contributed by atoms with Gasteiger partial charge in [0.2, 0.25) is 0 Å². The molecule has 1 aliphatic rings. The minimum Gasteiger partial charge on any atom is -0.395 e. The Balaban J connectivity index is 2.28. The molecule has 4 nitrogen and oxygen atoms in total. The van der Waals surface area contributed by atoms with Gasteiger partial charge in [0.15, 0.2) is 0 Å². The van der Waals surface area contributed by atoms with Crippen molar-refractivity contribution in [3.63, 3.8) is 0 Å². The molecule has 0 saturated carbocycles. The summed E-state index contributed by atoms with van der Waals surface area (Å²) in [6.45, 7) is 4.10. The van der Waals surface area contributed by atoms with Crippen LogP contribution in [-0.4, -0.2) is 67.8 Å². The van der Waals surface area contributed by atoms with Crippen LogP contribution in [0.1, 0.15) is 12.8 Å². The highest BCUT2D eigenvalue weighted by Crippen LogP contribution is 2.19. The normalized spacial score (nSPS) is 22.2. The van der Waals surface area contributed by atoms with Gasteiger partial charge in [-0.05, 0) is 45.9 Å². The van der Waals surface area contributed by atoms with Gasteiger partial charge in [-0.15, -0.1) is 0 Å². The van der Waals surface area contributed by atoms with Gasteiger partial charge in [0.05, 0.1) is 6.61 Å². The van der Waals surface area contributed by atoms with Crippen molar-refractivity contribution < 1.29 is 5.11 Å². The molecule has 3 N–H and O–H groups in total. The summed E-state index contributed by atoms with van der Waals surface area (Å²) in [5.41, 5.74) is 5.62. The Labute approximate surface area is 93.0 Å². The molecule has 0 aromatic rings. The summed E-state index contributed by atoms with van der Waals surface area (Å²) >= 11 is 0. The molecule has 0 spiro atoms. The van der Waals surface area contributed by atoms with E-state index in [1.165, 1.54) is 19.4 Å². The van der Waals surface area contributed by atoms with E-state index >= 15 is 0 Å². The van der Waals surface area contributed by atoms with Gasteiger partial charge in [0.25, 0.3) is 0 Å². The maximum Gasteiger partial charge on any atom is 0.0599 e. The first-order valence-corrected chi connectivity index (χ1v) is 5.87. The van der Waals surface area contributed by atoms with E-state index in [4.69, 9.17) is 10.8 Å². The van der Waals surface area contributed by atoms with Gasteiger partial charge in [-0.3, -0.25) is 4.90 Å². The Bertz CT molecular complexity index is 163. The van der Waals surface area contributed by atoms with Crippen LogP contribution < -0.4 is 5.73 Å². The van der Waals surface area contributed by atoms with Gasteiger partial charge in [-0.2, -0.15) is 0 Å². The SMILES string of the molecule is CN(C)CC1CCN(C(CN)CO)CC1. The van der Waals surface area contributed by atoms with E-state index < -0.39 is 0 Å². The first kappa shape index (κ1) is 12.9. The van der Waals surface area contributed by atoms with E-state index in [1.54, 1.807) is 0 Å². The fraction of sp³-hybridized carbons (Fsp3) is 1.00. The maximum absolute atomic E-state index is 9.16. The number of hydrogen-bond acceptors (Lipinski definition) is 4. The number of hydrogen-bond donors (Lipinski definition) is 2. The lowest BCUT2D eigenvalue weighted by atomic mass is 9.95. The van der Waals surface area contributed by atoms with Crippen molar-refractivity contribution in [1.82, 2.24) is 9.80 Å². The Morgan fingerprint density at radius 1 is 1.40 bits per heavy atom. The summed E-state index contributed by atoms with van der Waals surface area (Å²) in [4.78, 5) is 4.58. The minimum absolute atomic E-state index is 0.172. The van der Waals surface area contributed by atoms with Gasteiger partial charge < -0.3 is 15.7 Å². The molecule has 1 heterocycles. The molecule has 0 aliphatic carbocycles.